The van der Waals surface area contributed by atoms with Crippen molar-refractivity contribution >= 4 is 29.2 Å². The molecule has 10 heteroatoms. The molecule has 0 aliphatic carbocycles. The average molecular weight is 426 g/mol. The summed E-state index contributed by atoms with van der Waals surface area (Å²) < 4.78 is 19.6. The van der Waals surface area contributed by atoms with Crippen LogP contribution in [0, 0.1) is 5.82 Å². The van der Waals surface area contributed by atoms with Gasteiger partial charge in [-0.05, 0) is 43.3 Å². The number of nitrogens with zero attached hydrogens (tertiary/aromatic N) is 2. The van der Waals surface area contributed by atoms with Crippen LogP contribution in [0.4, 0.5) is 15.8 Å². The average Bonchev–Trinajstić information content (AvgIpc) is 3.09. The maximum atomic E-state index is 13.4. The molecular formula is C21H19FN4O5. The van der Waals surface area contributed by atoms with Gasteiger partial charge in [-0.25, -0.2) is 13.9 Å². The third-order valence-corrected chi connectivity index (χ3v) is 4.06. The number of halogens is 1. The van der Waals surface area contributed by atoms with Gasteiger partial charge in [-0.15, -0.1) is 0 Å². The quantitative estimate of drug-likeness (QED) is 0.521. The van der Waals surface area contributed by atoms with Crippen molar-refractivity contribution in [2.45, 2.75) is 20.0 Å². The number of amides is 2. The lowest BCUT2D eigenvalue weighted by Crippen LogP contribution is -2.30. The van der Waals surface area contributed by atoms with Crippen molar-refractivity contribution in [2.75, 3.05) is 10.6 Å². The molecular weight excluding hydrogens is 407 g/mol. The normalized spacial score (nSPS) is 11.5. The van der Waals surface area contributed by atoms with Gasteiger partial charge in [0.2, 0.25) is 11.6 Å². The predicted octanol–water partition coefficient (Wildman–Crippen LogP) is 2.86. The first-order chi connectivity index (χ1) is 14.7. The second kappa shape index (κ2) is 9.08. The van der Waals surface area contributed by atoms with E-state index in [1.165, 1.54) is 38.1 Å². The zero-order valence-corrected chi connectivity index (χ0v) is 16.6. The first-order valence-electron chi connectivity index (χ1n) is 9.17. The minimum absolute atomic E-state index is 0.261. The number of hydrogen-bond donors (Lipinski definition) is 3. The molecule has 0 radical (unpaired) electrons. The number of carbonyl (C=O) groups is 3. The fourth-order valence-corrected chi connectivity index (χ4v) is 2.65. The Kier molecular flexibility index (Phi) is 6.29. The molecule has 3 aromatic rings. The van der Waals surface area contributed by atoms with Gasteiger partial charge in [0, 0.05) is 18.3 Å². The lowest BCUT2D eigenvalue weighted by molar-refractivity contribution is -0.123. The van der Waals surface area contributed by atoms with Gasteiger partial charge in [0.05, 0.1) is 11.9 Å². The van der Waals surface area contributed by atoms with Crippen LogP contribution in [0.1, 0.15) is 24.3 Å². The van der Waals surface area contributed by atoms with Crippen LogP contribution in [0.15, 0.2) is 54.7 Å². The van der Waals surface area contributed by atoms with Crippen LogP contribution < -0.4 is 10.6 Å². The van der Waals surface area contributed by atoms with E-state index < -0.39 is 35.2 Å². The van der Waals surface area contributed by atoms with E-state index in [4.69, 9.17) is 4.74 Å². The van der Waals surface area contributed by atoms with E-state index in [1.54, 1.807) is 24.3 Å². The van der Waals surface area contributed by atoms with Crippen molar-refractivity contribution in [1.82, 2.24) is 9.78 Å². The molecule has 0 fully saturated rings. The minimum atomic E-state index is -1.21. The van der Waals surface area contributed by atoms with E-state index in [9.17, 15) is 23.9 Å². The van der Waals surface area contributed by atoms with E-state index in [1.807, 2.05) is 0 Å². The molecule has 1 aromatic heterocycles. The van der Waals surface area contributed by atoms with Crippen LogP contribution in [0.2, 0.25) is 0 Å². The second-order valence-corrected chi connectivity index (χ2v) is 6.59. The fourth-order valence-electron chi connectivity index (χ4n) is 2.65. The molecule has 1 unspecified atom stereocenters. The van der Waals surface area contributed by atoms with Gasteiger partial charge >= 0.3 is 5.97 Å². The van der Waals surface area contributed by atoms with Crippen LogP contribution in [0.25, 0.3) is 5.69 Å². The highest BCUT2D eigenvalue weighted by Crippen LogP contribution is 2.20. The summed E-state index contributed by atoms with van der Waals surface area (Å²) >= 11 is 0. The Morgan fingerprint density at radius 1 is 1.10 bits per heavy atom. The van der Waals surface area contributed by atoms with Crippen molar-refractivity contribution in [1.29, 1.82) is 0 Å². The summed E-state index contributed by atoms with van der Waals surface area (Å²) in [5, 5.41) is 19.1. The standard InChI is InChI=1S/C21H19FN4O5/c1-12(20(29)24-16-7-4-6-15(10-16)23-13(2)27)31-21(30)19-18(28)11-26(25-19)17-8-3-5-14(22)9-17/h3-12,28H,1-2H3,(H,23,27)(H,24,29). The van der Waals surface area contributed by atoms with Crippen molar-refractivity contribution in [3.63, 3.8) is 0 Å². The highest BCUT2D eigenvalue weighted by Gasteiger charge is 2.24. The molecule has 0 aliphatic heterocycles. The number of carbonyl (C=O) groups excluding carboxylic acids is 3. The lowest BCUT2D eigenvalue weighted by atomic mass is 10.2. The highest BCUT2D eigenvalue weighted by molar-refractivity contribution is 5.98. The molecule has 0 saturated carbocycles. The highest BCUT2D eigenvalue weighted by atomic mass is 19.1. The van der Waals surface area contributed by atoms with Crippen molar-refractivity contribution < 1.29 is 28.6 Å². The molecule has 31 heavy (non-hydrogen) atoms. The maximum Gasteiger partial charge on any atom is 0.363 e. The summed E-state index contributed by atoms with van der Waals surface area (Å²) in [6.45, 7) is 2.71. The van der Waals surface area contributed by atoms with Gasteiger partial charge in [-0.3, -0.25) is 9.59 Å². The molecule has 1 atom stereocenters. The molecule has 2 aromatic carbocycles. The van der Waals surface area contributed by atoms with Crippen molar-refractivity contribution in [3.05, 3.63) is 66.2 Å². The topological polar surface area (TPSA) is 123 Å². The van der Waals surface area contributed by atoms with E-state index >= 15 is 0 Å². The predicted molar refractivity (Wildman–Crippen MR) is 109 cm³/mol. The number of aromatic hydroxyl groups is 1. The molecule has 1 heterocycles. The first kappa shape index (κ1) is 21.5. The Bertz CT molecular complexity index is 1140. The fraction of sp³-hybridized carbons (Fsp3) is 0.143. The number of hydrogen-bond acceptors (Lipinski definition) is 6. The zero-order valence-electron chi connectivity index (χ0n) is 16.6. The third-order valence-electron chi connectivity index (χ3n) is 4.06. The van der Waals surface area contributed by atoms with Gasteiger partial charge in [0.25, 0.3) is 5.91 Å². The Labute approximate surface area is 176 Å². The molecule has 3 rings (SSSR count). The molecule has 3 N–H and O–H groups in total. The second-order valence-electron chi connectivity index (χ2n) is 6.59. The molecule has 160 valence electrons. The number of esters is 1. The van der Waals surface area contributed by atoms with Gasteiger partial charge in [-0.1, -0.05) is 12.1 Å². The number of nitrogens with one attached hydrogen (secondary N) is 2. The summed E-state index contributed by atoms with van der Waals surface area (Å²) in [5.74, 6) is -2.91. The van der Waals surface area contributed by atoms with Gasteiger partial charge < -0.3 is 20.5 Å². The zero-order chi connectivity index (χ0) is 22.5. The molecule has 0 aliphatic rings. The van der Waals surface area contributed by atoms with E-state index in [0.29, 0.717) is 17.1 Å². The Morgan fingerprint density at radius 2 is 1.77 bits per heavy atom. The van der Waals surface area contributed by atoms with Gasteiger partial charge in [0.15, 0.2) is 11.9 Å². The summed E-state index contributed by atoms with van der Waals surface area (Å²) in [4.78, 5) is 35.9. The maximum absolute atomic E-state index is 13.4. The van der Waals surface area contributed by atoms with Crippen LogP contribution in [-0.2, 0) is 14.3 Å². The largest absolute Gasteiger partial charge is 0.504 e. The van der Waals surface area contributed by atoms with E-state index in [0.717, 1.165) is 10.9 Å². The number of anilines is 2. The summed E-state index contributed by atoms with van der Waals surface area (Å²) in [7, 11) is 0. The Morgan fingerprint density at radius 3 is 2.45 bits per heavy atom. The number of aromatic nitrogens is 2. The van der Waals surface area contributed by atoms with E-state index in [2.05, 4.69) is 15.7 Å². The summed E-state index contributed by atoms with van der Waals surface area (Å²) in [6, 6.07) is 11.8. The molecule has 9 nitrogen and oxygen atoms in total. The number of ether oxygens (including phenoxy) is 1. The summed E-state index contributed by atoms with van der Waals surface area (Å²) in [5.41, 5.74) is 0.746. The SMILES string of the molecule is CC(=O)Nc1cccc(NC(=O)C(C)OC(=O)c2nn(-c3cccc(F)c3)cc2O)c1. The van der Waals surface area contributed by atoms with Crippen LogP contribution in [0.3, 0.4) is 0 Å². The number of benzene rings is 2. The van der Waals surface area contributed by atoms with Crippen molar-refractivity contribution in [2.24, 2.45) is 0 Å². The number of rotatable bonds is 6. The summed E-state index contributed by atoms with van der Waals surface area (Å²) in [6.07, 6.45) is -0.0838. The van der Waals surface area contributed by atoms with Crippen molar-refractivity contribution in [3.8, 4) is 11.4 Å². The molecule has 0 bridgehead atoms. The van der Waals surface area contributed by atoms with E-state index in [-0.39, 0.29) is 5.91 Å². The van der Waals surface area contributed by atoms with Crippen LogP contribution in [0.5, 0.6) is 5.75 Å². The monoisotopic (exact) mass is 426 g/mol. The first-order valence-corrected chi connectivity index (χ1v) is 9.17. The van der Waals surface area contributed by atoms with Gasteiger partial charge in [-0.2, -0.15) is 5.10 Å². The minimum Gasteiger partial charge on any atom is -0.504 e. The van der Waals surface area contributed by atoms with Gasteiger partial charge in [0.1, 0.15) is 5.82 Å². The van der Waals surface area contributed by atoms with Crippen LogP contribution >= 0.6 is 0 Å². The van der Waals surface area contributed by atoms with Crippen LogP contribution in [-0.4, -0.2) is 38.8 Å². The lowest BCUT2D eigenvalue weighted by Gasteiger charge is -2.13. The molecule has 0 spiro atoms. The Balaban J connectivity index is 1.66. The smallest absolute Gasteiger partial charge is 0.363 e. The third kappa shape index (κ3) is 5.44. The molecule has 0 saturated heterocycles. The molecule has 2 amide bonds. The Hall–Kier alpha value is -4.21.